The summed E-state index contributed by atoms with van der Waals surface area (Å²) < 4.78 is 0. The van der Waals surface area contributed by atoms with Crippen molar-refractivity contribution in [2.45, 2.75) is 63.6 Å². The van der Waals surface area contributed by atoms with Crippen LogP contribution < -0.4 is 5.32 Å². The maximum Gasteiger partial charge on any atom is 0.243 e. The number of rotatable bonds is 11. The average molecular weight is 481 g/mol. The molecular formula is C24H30Cl2N2O2S. The third kappa shape index (κ3) is 8.40. The Morgan fingerprint density at radius 3 is 2.10 bits per heavy atom. The van der Waals surface area contributed by atoms with Gasteiger partial charge in [0, 0.05) is 39.7 Å². The predicted molar refractivity (Wildman–Crippen MR) is 131 cm³/mol. The lowest BCUT2D eigenvalue weighted by Gasteiger charge is -2.31. The van der Waals surface area contributed by atoms with Gasteiger partial charge in [-0.25, -0.2) is 0 Å². The molecule has 2 aromatic rings. The van der Waals surface area contributed by atoms with Crippen molar-refractivity contribution in [1.82, 2.24) is 10.2 Å². The quantitative estimate of drug-likeness (QED) is 0.389. The third-order valence-electron chi connectivity index (χ3n) is 5.05. The molecule has 2 rings (SSSR count). The van der Waals surface area contributed by atoms with Crippen LogP contribution in [0, 0.1) is 0 Å². The molecule has 4 nitrogen and oxygen atoms in total. The molecule has 168 valence electrons. The lowest BCUT2D eigenvalue weighted by atomic mass is 10.1. The molecule has 0 bridgehead atoms. The molecule has 2 unspecified atom stereocenters. The first-order chi connectivity index (χ1) is 14.8. The van der Waals surface area contributed by atoms with Gasteiger partial charge in [-0.15, -0.1) is 11.8 Å². The molecule has 0 aromatic heterocycles. The van der Waals surface area contributed by atoms with Gasteiger partial charge in [-0.2, -0.15) is 0 Å². The van der Waals surface area contributed by atoms with E-state index in [4.69, 9.17) is 23.2 Å². The van der Waals surface area contributed by atoms with Crippen LogP contribution >= 0.6 is 35.0 Å². The molecule has 1 N–H and O–H groups in total. The van der Waals surface area contributed by atoms with E-state index in [0.717, 1.165) is 16.9 Å². The molecular weight excluding hydrogens is 451 g/mol. The molecule has 0 saturated heterocycles. The van der Waals surface area contributed by atoms with Crippen LogP contribution in [0.15, 0.2) is 53.4 Å². The highest BCUT2D eigenvalue weighted by atomic mass is 35.5. The fourth-order valence-electron chi connectivity index (χ4n) is 3.08. The van der Waals surface area contributed by atoms with Gasteiger partial charge in [0.15, 0.2) is 0 Å². The Morgan fingerprint density at radius 1 is 0.968 bits per heavy atom. The van der Waals surface area contributed by atoms with E-state index in [1.807, 2.05) is 57.2 Å². The van der Waals surface area contributed by atoms with Crippen LogP contribution in [0.3, 0.4) is 0 Å². The number of hydrogen-bond donors (Lipinski definition) is 1. The molecule has 0 aliphatic heterocycles. The number of thioether (sulfide) groups is 1. The Kier molecular flexibility index (Phi) is 10.7. The molecule has 2 atom stereocenters. The Labute approximate surface area is 199 Å². The van der Waals surface area contributed by atoms with Gasteiger partial charge in [0.25, 0.3) is 0 Å². The molecule has 0 saturated carbocycles. The van der Waals surface area contributed by atoms with Crippen molar-refractivity contribution in [3.05, 3.63) is 64.1 Å². The fraction of sp³-hybridized carbons (Fsp3) is 0.417. The molecule has 7 heteroatoms. The van der Waals surface area contributed by atoms with Crippen molar-refractivity contribution >= 4 is 46.8 Å². The highest BCUT2D eigenvalue weighted by Gasteiger charge is 2.28. The van der Waals surface area contributed by atoms with E-state index < -0.39 is 6.04 Å². The molecule has 0 heterocycles. The number of nitrogens with one attached hydrogen (secondary N) is 1. The first-order valence-corrected chi connectivity index (χ1v) is 12.3. The number of carbonyl (C=O) groups excluding carboxylic acids is 2. The van der Waals surface area contributed by atoms with Crippen molar-refractivity contribution in [3.8, 4) is 0 Å². The number of amides is 2. The zero-order chi connectivity index (χ0) is 22.8. The van der Waals surface area contributed by atoms with Crippen LogP contribution in [0.25, 0.3) is 0 Å². The SMILES string of the molecule is CCC(C)NC(=O)C(CC)N(Cc1ccc(Cl)cc1)C(=O)CCSc1ccc(Cl)cc1. The lowest BCUT2D eigenvalue weighted by Crippen LogP contribution is -2.50. The van der Waals surface area contributed by atoms with E-state index in [1.165, 1.54) is 0 Å². The maximum absolute atomic E-state index is 13.2. The van der Waals surface area contributed by atoms with Crippen molar-refractivity contribution in [1.29, 1.82) is 0 Å². The lowest BCUT2D eigenvalue weighted by molar-refractivity contribution is -0.141. The van der Waals surface area contributed by atoms with Gasteiger partial charge in [-0.05, 0) is 61.7 Å². The number of hydrogen-bond acceptors (Lipinski definition) is 3. The number of nitrogens with zero attached hydrogens (tertiary/aromatic N) is 1. The minimum absolute atomic E-state index is 0.0393. The first-order valence-electron chi connectivity index (χ1n) is 10.6. The van der Waals surface area contributed by atoms with Gasteiger partial charge in [0.05, 0.1) is 0 Å². The fourth-order valence-corrected chi connectivity index (χ4v) is 4.17. The van der Waals surface area contributed by atoms with Gasteiger partial charge in [-0.1, -0.05) is 49.2 Å². The largest absolute Gasteiger partial charge is 0.352 e. The Balaban J connectivity index is 2.12. The predicted octanol–water partition coefficient (Wildman–Crippen LogP) is 6.20. The van der Waals surface area contributed by atoms with Gasteiger partial charge in [0.1, 0.15) is 6.04 Å². The molecule has 0 radical (unpaired) electrons. The molecule has 0 spiro atoms. The highest BCUT2D eigenvalue weighted by Crippen LogP contribution is 2.22. The summed E-state index contributed by atoms with van der Waals surface area (Å²) in [6.45, 7) is 6.30. The van der Waals surface area contributed by atoms with Gasteiger partial charge in [0.2, 0.25) is 11.8 Å². The smallest absolute Gasteiger partial charge is 0.243 e. The highest BCUT2D eigenvalue weighted by molar-refractivity contribution is 7.99. The van der Waals surface area contributed by atoms with Crippen molar-refractivity contribution < 1.29 is 9.59 Å². The maximum atomic E-state index is 13.2. The molecule has 0 fully saturated rings. The Morgan fingerprint density at radius 2 is 1.55 bits per heavy atom. The summed E-state index contributed by atoms with van der Waals surface area (Å²) in [5.41, 5.74) is 0.942. The first kappa shape index (κ1) is 25.6. The summed E-state index contributed by atoms with van der Waals surface area (Å²) in [5.74, 6) is 0.480. The van der Waals surface area contributed by atoms with Crippen molar-refractivity contribution in [2.24, 2.45) is 0 Å². The van der Waals surface area contributed by atoms with Crippen molar-refractivity contribution in [3.63, 3.8) is 0 Å². The zero-order valence-electron chi connectivity index (χ0n) is 18.2. The Hall–Kier alpha value is -1.69. The summed E-state index contributed by atoms with van der Waals surface area (Å²) in [6.07, 6.45) is 1.73. The number of halogens is 2. The van der Waals surface area contributed by atoms with E-state index in [9.17, 15) is 9.59 Å². The summed E-state index contributed by atoms with van der Waals surface area (Å²) in [4.78, 5) is 28.9. The number of carbonyl (C=O) groups is 2. The Bertz CT molecular complexity index is 844. The van der Waals surface area contributed by atoms with Crippen LogP contribution in [0.4, 0.5) is 0 Å². The molecule has 31 heavy (non-hydrogen) atoms. The van der Waals surface area contributed by atoms with Crippen LogP contribution in [-0.4, -0.2) is 34.6 Å². The topological polar surface area (TPSA) is 49.4 Å². The minimum atomic E-state index is -0.516. The summed E-state index contributed by atoms with van der Waals surface area (Å²) in [7, 11) is 0. The average Bonchev–Trinajstić information content (AvgIpc) is 2.76. The molecule has 2 amide bonds. The van der Waals surface area contributed by atoms with Gasteiger partial charge >= 0.3 is 0 Å². The van der Waals surface area contributed by atoms with Crippen LogP contribution in [-0.2, 0) is 16.1 Å². The second-order valence-electron chi connectivity index (χ2n) is 7.44. The van der Waals surface area contributed by atoms with E-state index in [2.05, 4.69) is 5.32 Å². The van der Waals surface area contributed by atoms with Crippen molar-refractivity contribution in [2.75, 3.05) is 5.75 Å². The van der Waals surface area contributed by atoms with Crippen LogP contribution in [0.5, 0.6) is 0 Å². The van der Waals surface area contributed by atoms with E-state index in [1.54, 1.807) is 28.8 Å². The minimum Gasteiger partial charge on any atom is -0.352 e. The van der Waals surface area contributed by atoms with E-state index in [-0.39, 0.29) is 17.9 Å². The van der Waals surface area contributed by atoms with Gasteiger partial charge < -0.3 is 10.2 Å². The van der Waals surface area contributed by atoms with E-state index in [0.29, 0.717) is 35.2 Å². The molecule has 2 aromatic carbocycles. The second-order valence-corrected chi connectivity index (χ2v) is 9.48. The number of benzene rings is 2. The molecule has 0 aliphatic rings. The summed E-state index contributed by atoms with van der Waals surface area (Å²) >= 11 is 13.5. The van der Waals surface area contributed by atoms with E-state index >= 15 is 0 Å². The second kappa shape index (κ2) is 13.0. The monoisotopic (exact) mass is 480 g/mol. The third-order valence-corrected chi connectivity index (χ3v) is 6.57. The van der Waals surface area contributed by atoms with Crippen LogP contribution in [0.2, 0.25) is 10.0 Å². The summed E-state index contributed by atoms with van der Waals surface area (Å²) in [6, 6.07) is 14.5. The zero-order valence-corrected chi connectivity index (χ0v) is 20.6. The molecule has 0 aliphatic carbocycles. The normalized spacial score (nSPS) is 12.8. The summed E-state index contributed by atoms with van der Waals surface area (Å²) in [5, 5.41) is 4.36. The van der Waals surface area contributed by atoms with Gasteiger partial charge in [-0.3, -0.25) is 9.59 Å². The van der Waals surface area contributed by atoms with Crippen LogP contribution in [0.1, 0.15) is 45.6 Å². The standard InChI is InChI=1S/C24H30Cl2N2O2S/c1-4-17(3)27-24(30)22(5-2)28(16-18-6-8-19(25)9-7-18)23(29)14-15-31-21-12-10-20(26)11-13-21/h6-13,17,22H,4-5,14-16H2,1-3H3,(H,27,30).